The van der Waals surface area contributed by atoms with Crippen LogP contribution in [0.15, 0.2) is 24.4 Å². The Bertz CT molecular complexity index is 353. The molecule has 1 atom stereocenters. The van der Waals surface area contributed by atoms with Gasteiger partial charge in [-0.1, -0.05) is 6.07 Å². The van der Waals surface area contributed by atoms with Crippen molar-refractivity contribution >= 4 is 5.91 Å². The summed E-state index contributed by atoms with van der Waals surface area (Å²) in [5.74, 6) is 0.0650. The average Bonchev–Trinajstić information content (AvgIpc) is 2.78. The van der Waals surface area contributed by atoms with Crippen molar-refractivity contribution in [2.75, 3.05) is 13.2 Å². The second-order valence-electron chi connectivity index (χ2n) is 4.06. The molecule has 0 unspecified atom stereocenters. The molecule has 1 amide bonds. The standard InChI is InChI=1S/C12H16N2O2/c15-9-11-5-3-7-14(11)12(16)8-10-4-1-2-6-13-10/h1-2,4,6,11,15H,3,5,7-9H2/t11-/m1/s1. The van der Waals surface area contributed by atoms with Gasteiger partial charge in [-0.25, -0.2) is 0 Å². The maximum absolute atomic E-state index is 12.0. The molecule has 1 fully saturated rings. The summed E-state index contributed by atoms with van der Waals surface area (Å²) in [7, 11) is 0. The Balaban J connectivity index is 1.98. The molecule has 4 heteroatoms. The molecule has 1 saturated heterocycles. The number of nitrogens with zero attached hydrogens (tertiary/aromatic N) is 2. The first kappa shape index (κ1) is 11.1. The molecule has 0 saturated carbocycles. The molecule has 0 bridgehead atoms. The summed E-state index contributed by atoms with van der Waals surface area (Å²) < 4.78 is 0. The summed E-state index contributed by atoms with van der Waals surface area (Å²) in [5, 5.41) is 9.14. The van der Waals surface area contributed by atoms with Crippen molar-refractivity contribution in [3.8, 4) is 0 Å². The van der Waals surface area contributed by atoms with Crippen molar-refractivity contribution in [2.24, 2.45) is 0 Å². The van der Waals surface area contributed by atoms with Crippen LogP contribution in [0.25, 0.3) is 0 Å². The average molecular weight is 220 g/mol. The van der Waals surface area contributed by atoms with Crippen LogP contribution in [0.3, 0.4) is 0 Å². The number of carbonyl (C=O) groups is 1. The Kier molecular flexibility index (Phi) is 3.51. The molecular weight excluding hydrogens is 204 g/mol. The minimum absolute atomic E-state index is 0.0104. The van der Waals surface area contributed by atoms with Gasteiger partial charge in [0.05, 0.1) is 19.1 Å². The number of aliphatic hydroxyl groups is 1. The number of hydrogen-bond donors (Lipinski definition) is 1. The van der Waals surface area contributed by atoms with Crippen molar-refractivity contribution in [1.29, 1.82) is 0 Å². The Labute approximate surface area is 94.9 Å². The summed E-state index contributed by atoms with van der Waals surface area (Å²) in [5.41, 5.74) is 0.788. The summed E-state index contributed by atoms with van der Waals surface area (Å²) in [6, 6.07) is 5.57. The number of carbonyl (C=O) groups excluding carboxylic acids is 1. The van der Waals surface area contributed by atoms with Gasteiger partial charge in [-0.2, -0.15) is 0 Å². The summed E-state index contributed by atoms with van der Waals surface area (Å²) in [6.45, 7) is 0.824. The third kappa shape index (κ3) is 2.39. The minimum atomic E-state index is 0.0104. The van der Waals surface area contributed by atoms with Crippen LogP contribution >= 0.6 is 0 Å². The predicted octanol–water partition coefficient (Wildman–Crippen LogP) is 0.607. The zero-order valence-corrected chi connectivity index (χ0v) is 9.17. The second kappa shape index (κ2) is 5.07. The zero-order valence-electron chi connectivity index (χ0n) is 9.17. The molecular formula is C12H16N2O2. The van der Waals surface area contributed by atoms with Crippen LogP contribution in [0.5, 0.6) is 0 Å². The third-order valence-electron chi connectivity index (χ3n) is 2.97. The van der Waals surface area contributed by atoms with Crippen LogP contribution in [-0.2, 0) is 11.2 Å². The van der Waals surface area contributed by atoms with Gasteiger partial charge in [0.15, 0.2) is 0 Å². The molecule has 1 aliphatic heterocycles. The Morgan fingerprint density at radius 1 is 1.56 bits per heavy atom. The van der Waals surface area contributed by atoms with Crippen LogP contribution in [0.2, 0.25) is 0 Å². The third-order valence-corrected chi connectivity index (χ3v) is 2.97. The number of hydrogen-bond acceptors (Lipinski definition) is 3. The quantitative estimate of drug-likeness (QED) is 0.812. The van der Waals surface area contributed by atoms with Crippen molar-refractivity contribution in [1.82, 2.24) is 9.88 Å². The van der Waals surface area contributed by atoms with Gasteiger partial charge in [0, 0.05) is 18.4 Å². The lowest BCUT2D eigenvalue weighted by atomic mass is 10.2. The fourth-order valence-corrected chi connectivity index (χ4v) is 2.11. The van der Waals surface area contributed by atoms with Crippen LogP contribution in [-0.4, -0.2) is 40.1 Å². The van der Waals surface area contributed by atoms with Crippen LogP contribution in [0, 0.1) is 0 Å². The Morgan fingerprint density at radius 2 is 2.44 bits per heavy atom. The predicted molar refractivity (Wildman–Crippen MR) is 59.8 cm³/mol. The van der Waals surface area contributed by atoms with Crippen molar-refractivity contribution < 1.29 is 9.90 Å². The fourth-order valence-electron chi connectivity index (χ4n) is 2.11. The SMILES string of the molecule is O=C(Cc1ccccn1)N1CCC[C@@H]1CO. The van der Waals surface area contributed by atoms with Crippen molar-refractivity contribution in [2.45, 2.75) is 25.3 Å². The molecule has 4 nitrogen and oxygen atoms in total. The highest BCUT2D eigenvalue weighted by Gasteiger charge is 2.27. The van der Waals surface area contributed by atoms with E-state index in [1.807, 2.05) is 18.2 Å². The molecule has 0 aromatic carbocycles. The number of pyridine rings is 1. The van der Waals surface area contributed by atoms with E-state index in [0.717, 1.165) is 25.1 Å². The summed E-state index contributed by atoms with van der Waals surface area (Å²) >= 11 is 0. The van der Waals surface area contributed by atoms with E-state index in [0.29, 0.717) is 6.42 Å². The molecule has 2 heterocycles. The summed E-state index contributed by atoms with van der Waals surface area (Å²) in [6.07, 6.45) is 3.91. The van der Waals surface area contributed by atoms with Crippen molar-refractivity contribution in [3.63, 3.8) is 0 Å². The lowest BCUT2D eigenvalue weighted by molar-refractivity contribution is -0.132. The number of rotatable bonds is 3. The Hall–Kier alpha value is -1.42. The van der Waals surface area contributed by atoms with E-state index < -0.39 is 0 Å². The van der Waals surface area contributed by atoms with Gasteiger partial charge in [0.25, 0.3) is 0 Å². The maximum Gasteiger partial charge on any atom is 0.228 e. The first-order chi connectivity index (χ1) is 7.81. The first-order valence-corrected chi connectivity index (χ1v) is 5.61. The van der Waals surface area contributed by atoms with Gasteiger partial charge in [0.1, 0.15) is 0 Å². The van der Waals surface area contributed by atoms with Gasteiger partial charge < -0.3 is 10.0 Å². The number of aliphatic hydroxyl groups excluding tert-OH is 1. The maximum atomic E-state index is 12.0. The van der Waals surface area contributed by atoms with Gasteiger partial charge in [-0.15, -0.1) is 0 Å². The monoisotopic (exact) mass is 220 g/mol. The van der Waals surface area contributed by atoms with E-state index in [2.05, 4.69) is 4.98 Å². The highest BCUT2D eigenvalue weighted by atomic mass is 16.3. The first-order valence-electron chi connectivity index (χ1n) is 5.61. The second-order valence-corrected chi connectivity index (χ2v) is 4.06. The molecule has 0 spiro atoms. The van der Waals surface area contributed by atoms with E-state index >= 15 is 0 Å². The molecule has 16 heavy (non-hydrogen) atoms. The summed E-state index contributed by atoms with van der Waals surface area (Å²) in [4.78, 5) is 17.9. The number of likely N-dealkylation sites (tertiary alicyclic amines) is 1. The van der Waals surface area contributed by atoms with Gasteiger partial charge in [0.2, 0.25) is 5.91 Å². The molecule has 0 aliphatic carbocycles. The lowest BCUT2D eigenvalue weighted by Gasteiger charge is -2.22. The minimum Gasteiger partial charge on any atom is -0.394 e. The molecule has 1 aromatic rings. The van der Waals surface area contributed by atoms with Crippen molar-refractivity contribution in [3.05, 3.63) is 30.1 Å². The highest BCUT2D eigenvalue weighted by molar-refractivity contribution is 5.78. The van der Waals surface area contributed by atoms with Crippen LogP contribution in [0.1, 0.15) is 18.5 Å². The normalized spacial score (nSPS) is 20.1. The van der Waals surface area contributed by atoms with Gasteiger partial charge >= 0.3 is 0 Å². The highest BCUT2D eigenvalue weighted by Crippen LogP contribution is 2.17. The number of amides is 1. The molecule has 1 N–H and O–H groups in total. The molecule has 1 aliphatic rings. The topological polar surface area (TPSA) is 53.4 Å². The van der Waals surface area contributed by atoms with E-state index in [4.69, 9.17) is 5.11 Å². The van der Waals surface area contributed by atoms with Gasteiger partial charge in [-0.05, 0) is 25.0 Å². The molecule has 2 rings (SSSR count). The van der Waals surface area contributed by atoms with E-state index in [9.17, 15) is 4.79 Å². The Morgan fingerprint density at radius 3 is 3.12 bits per heavy atom. The zero-order chi connectivity index (χ0) is 11.4. The largest absolute Gasteiger partial charge is 0.394 e. The van der Waals surface area contributed by atoms with E-state index in [1.165, 1.54) is 0 Å². The molecule has 1 aromatic heterocycles. The van der Waals surface area contributed by atoms with Crippen LogP contribution < -0.4 is 0 Å². The number of aromatic nitrogens is 1. The lowest BCUT2D eigenvalue weighted by Crippen LogP contribution is -2.38. The van der Waals surface area contributed by atoms with Gasteiger partial charge in [-0.3, -0.25) is 9.78 Å². The van der Waals surface area contributed by atoms with E-state index in [-0.39, 0.29) is 18.6 Å². The smallest absolute Gasteiger partial charge is 0.228 e. The fraction of sp³-hybridized carbons (Fsp3) is 0.500. The molecule has 86 valence electrons. The van der Waals surface area contributed by atoms with Crippen LogP contribution in [0.4, 0.5) is 0 Å². The molecule has 0 radical (unpaired) electrons. The van der Waals surface area contributed by atoms with E-state index in [1.54, 1.807) is 11.1 Å².